The first-order valence-corrected chi connectivity index (χ1v) is 43.8. The van der Waals surface area contributed by atoms with Gasteiger partial charge >= 0.3 is 0 Å². The lowest BCUT2D eigenvalue weighted by Gasteiger charge is -2.26. The normalized spacial score (nSPS) is 12.3. The van der Waals surface area contributed by atoms with Crippen LogP contribution in [0, 0.1) is 0 Å². The number of rotatable bonds is 7. The van der Waals surface area contributed by atoms with Crippen LogP contribution >= 0.6 is 11.3 Å². The fourth-order valence-electron chi connectivity index (χ4n) is 21.8. The first-order valence-electron chi connectivity index (χ1n) is 43.0. The van der Waals surface area contributed by atoms with E-state index in [1.807, 2.05) is 6.20 Å². The molecule has 18 aromatic carbocycles. The van der Waals surface area contributed by atoms with Gasteiger partial charge in [0.2, 0.25) is 0 Å². The van der Waals surface area contributed by atoms with Crippen molar-refractivity contribution in [1.29, 1.82) is 0 Å². The summed E-state index contributed by atoms with van der Waals surface area (Å²) in [6, 6.07) is 146. The zero-order chi connectivity index (χ0) is 82.1. The standard InChI is InChI=1S/C117H67N7OS/c1-2-27-73-72(26-1)74-28-3-6-31-77(74)92-63-98(108(65-94(92)79-33-8-4-29-75(73)79)123-104-48-22-15-40-87(104)96-61-69(53-56-106(96)123)121-100-44-18-11-36-83(100)84-37-12-19-45-101(84)121)113-116-90(58-59-118-113)112-71(43-25-50-110(112)125-116)68-52-55-82-76-30-5-7-32-78(76)93-64-99(115-117-114(119-67-120-115)89-42-17-24-51-111(89)126-117)109(66-95(93)81-35-10-9-34-80(81)91(82)60-68)124-105-49-23-16-41-88(105)97-62-70(54-57-107(97)124)122-102-46-20-13-38-85(102)86-39-14-21-47-103(86)122/h1-67H. The monoisotopic (exact) mass is 1620 g/mol. The van der Waals surface area contributed by atoms with E-state index >= 15 is 0 Å². The molecule has 0 radical (unpaired) electrons. The van der Waals surface area contributed by atoms with Gasteiger partial charge in [-0.2, -0.15) is 0 Å². The number of aromatic nitrogens is 7. The molecule has 26 aromatic rings. The van der Waals surface area contributed by atoms with Gasteiger partial charge in [-0.25, -0.2) is 9.97 Å². The lowest BCUT2D eigenvalue weighted by atomic mass is 9.79. The Hall–Kier alpha value is -16.6. The molecule has 28 rings (SSSR count). The van der Waals surface area contributed by atoms with Crippen LogP contribution in [0.3, 0.4) is 0 Å². The van der Waals surface area contributed by atoms with Crippen LogP contribution in [-0.4, -0.2) is 33.2 Å². The second-order valence-electron chi connectivity index (χ2n) is 33.5. The Balaban J connectivity index is 0.655. The quantitative estimate of drug-likeness (QED) is 0.159. The molecule has 0 amide bonds. The molecule has 0 aliphatic heterocycles. The van der Waals surface area contributed by atoms with Crippen molar-refractivity contribution in [2.45, 2.75) is 0 Å². The van der Waals surface area contributed by atoms with Crippen molar-refractivity contribution in [2.75, 3.05) is 0 Å². The smallest absolute Gasteiger partial charge is 0.161 e. The molecule has 0 atom stereocenters. The molecule has 0 bridgehead atoms. The Morgan fingerprint density at radius 3 is 1.04 bits per heavy atom. The van der Waals surface area contributed by atoms with Crippen molar-refractivity contribution >= 4 is 141 Å². The van der Waals surface area contributed by atoms with Crippen molar-refractivity contribution in [3.63, 3.8) is 0 Å². The van der Waals surface area contributed by atoms with Crippen LogP contribution in [0.4, 0.5) is 0 Å². The molecule has 0 saturated heterocycles. The predicted octanol–water partition coefficient (Wildman–Crippen LogP) is 31.5. The van der Waals surface area contributed by atoms with E-state index in [1.165, 1.54) is 70.6 Å². The molecular weight excluding hydrogens is 1550 g/mol. The molecule has 582 valence electrons. The number of benzene rings is 18. The summed E-state index contributed by atoms with van der Waals surface area (Å²) >= 11 is 1.76. The predicted molar refractivity (Wildman–Crippen MR) is 524 cm³/mol. The maximum absolute atomic E-state index is 7.57. The van der Waals surface area contributed by atoms with Crippen LogP contribution in [0.15, 0.2) is 411 Å². The second kappa shape index (κ2) is 26.5. The molecule has 0 unspecified atom stereocenters. The maximum atomic E-state index is 7.57. The summed E-state index contributed by atoms with van der Waals surface area (Å²) < 4.78 is 19.6. The van der Waals surface area contributed by atoms with Crippen molar-refractivity contribution < 1.29 is 4.42 Å². The summed E-state index contributed by atoms with van der Waals surface area (Å²) in [7, 11) is 0. The largest absolute Gasteiger partial charge is 0.454 e. The Kier molecular flexibility index (Phi) is 14.5. The van der Waals surface area contributed by atoms with Crippen LogP contribution in [0.5, 0.6) is 0 Å². The maximum Gasteiger partial charge on any atom is 0.161 e. The van der Waals surface area contributed by atoms with Gasteiger partial charge < -0.3 is 22.7 Å². The molecule has 2 aliphatic rings. The summed E-state index contributed by atoms with van der Waals surface area (Å²) in [5.41, 5.74) is 39.6. The van der Waals surface area contributed by atoms with E-state index in [9.17, 15) is 0 Å². The minimum absolute atomic E-state index is 0.708. The first kappa shape index (κ1) is 69.1. The molecule has 126 heavy (non-hydrogen) atoms. The summed E-state index contributed by atoms with van der Waals surface area (Å²) in [5, 5.41) is 12.6. The van der Waals surface area contributed by atoms with Crippen LogP contribution in [0.1, 0.15) is 0 Å². The third-order valence-electron chi connectivity index (χ3n) is 27.1. The number of nitrogens with zero attached hydrogens (tertiary/aromatic N) is 7. The Bertz CT molecular complexity index is 9170. The average Bonchev–Trinajstić information content (AvgIpc) is 1.54. The van der Waals surface area contributed by atoms with Crippen LogP contribution < -0.4 is 0 Å². The highest BCUT2D eigenvalue weighted by atomic mass is 32.1. The van der Waals surface area contributed by atoms with Gasteiger partial charge in [0, 0.05) is 92.6 Å². The number of hydrogen-bond donors (Lipinski definition) is 0. The summed E-state index contributed by atoms with van der Waals surface area (Å²) in [6.07, 6.45) is 3.76. The van der Waals surface area contributed by atoms with Crippen LogP contribution in [0.2, 0.25) is 0 Å². The fourth-order valence-corrected chi connectivity index (χ4v) is 22.9. The van der Waals surface area contributed by atoms with Gasteiger partial charge in [0.15, 0.2) is 5.58 Å². The molecule has 9 heteroatoms. The lowest BCUT2D eigenvalue weighted by Crippen LogP contribution is -2.03. The van der Waals surface area contributed by atoms with E-state index in [0.29, 0.717) is 5.58 Å². The number of furan rings is 1. The summed E-state index contributed by atoms with van der Waals surface area (Å²) in [4.78, 5) is 16.1. The topological polar surface area (TPSA) is 71.5 Å². The molecule has 0 spiro atoms. The van der Waals surface area contributed by atoms with E-state index in [2.05, 4.69) is 413 Å². The van der Waals surface area contributed by atoms with E-state index in [4.69, 9.17) is 19.4 Å². The SMILES string of the molecule is c1ccc2c(c1)-c1ccccc1-c1cc(-c3nccc4c3oc3cccc(-c5ccc6c(c5)-c5ccccc5-c5cc(-n7c8ccccc8c8cc(-n9c%10ccccc%10c%10ccccc%109)ccc87)c(-c7ncnc8c7sc7ccccc78)cc5-c5ccccc5-6)c34)c(-n3c4ccccc4c4cc(-n5c6ccccc6c6ccccc65)ccc43)cc1-c1ccccc1-2. The van der Waals surface area contributed by atoms with Crippen LogP contribution in [0.25, 0.3) is 275 Å². The Labute approximate surface area is 725 Å². The average molecular weight is 1620 g/mol. The van der Waals surface area contributed by atoms with Crippen LogP contribution in [-0.2, 0) is 0 Å². The summed E-state index contributed by atoms with van der Waals surface area (Å²) in [5.74, 6) is 0. The highest BCUT2D eigenvalue weighted by Crippen LogP contribution is 2.56. The highest BCUT2D eigenvalue weighted by molar-refractivity contribution is 7.26. The van der Waals surface area contributed by atoms with Gasteiger partial charge in [0.05, 0.1) is 71.4 Å². The molecule has 8 heterocycles. The Morgan fingerprint density at radius 1 is 0.222 bits per heavy atom. The number of fused-ring (bicyclic) bond motifs is 34. The zero-order valence-electron chi connectivity index (χ0n) is 67.6. The number of pyridine rings is 1. The van der Waals surface area contributed by atoms with Gasteiger partial charge in [-0.05, 0) is 221 Å². The van der Waals surface area contributed by atoms with Gasteiger partial charge in [-0.1, -0.05) is 273 Å². The first-order chi connectivity index (χ1) is 62.5. The molecular formula is C117H67N7OS. The molecule has 8 nitrogen and oxygen atoms in total. The highest BCUT2D eigenvalue weighted by Gasteiger charge is 2.33. The van der Waals surface area contributed by atoms with E-state index in [-0.39, 0.29) is 0 Å². The fraction of sp³-hybridized carbons (Fsp3) is 0. The minimum Gasteiger partial charge on any atom is -0.454 e. The van der Waals surface area contributed by atoms with Gasteiger partial charge in [-0.15, -0.1) is 11.3 Å². The van der Waals surface area contributed by atoms with Crippen molar-refractivity contribution in [2.24, 2.45) is 0 Å². The molecule has 8 aromatic heterocycles. The van der Waals surface area contributed by atoms with E-state index in [1.54, 1.807) is 17.7 Å². The third kappa shape index (κ3) is 9.79. The van der Waals surface area contributed by atoms with E-state index in [0.717, 1.165) is 199 Å². The zero-order valence-corrected chi connectivity index (χ0v) is 68.4. The van der Waals surface area contributed by atoms with Crippen molar-refractivity contribution in [3.8, 4) is 145 Å². The van der Waals surface area contributed by atoms with E-state index < -0.39 is 0 Å². The van der Waals surface area contributed by atoms with Gasteiger partial charge in [0.25, 0.3) is 0 Å². The van der Waals surface area contributed by atoms with Crippen molar-refractivity contribution in [3.05, 3.63) is 407 Å². The third-order valence-corrected chi connectivity index (χ3v) is 28.3. The number of hydrogen-bond acceptors (Lipinski definition) is 5. The molecule has 0 N–H and O–H groups in total. The lowest BCUT2D eigenvalue weighted by molar-refractivity contribution is 0.668. The summed E-state index contributed by atoms with van der Waals surface area (Å²) in [6.45, 7) is 0. The molecule has 2 aliphatic carbocycles. The molecule has 0 fully saturated rings. The minimum atomic E-state index is 0.708. The number of thiophene rings is 1. The Morgan fingerprint density at radius 2 is 0.579 bits per heavy atom. The van der Waals surface area contributed by atoms with Gasteiger partial charge in [-0.3, -0.25) is 4.98 Å². The molecule has 0 saturated carbocycles. The van der Waals surface area contributed by atoms with Crippen molar-refractivity contribution in [1.82, 2.24) is 33.2 Å². The van der Waals surface area contributed by atoms with Gasteiger partial charge in [0.1, 0.15) is 17.6 Å². The second-order valence-corrected chi connectivity index (χ2v) is 34.5. The number of para-hydroxylation sites is 6.